The van der Waals surface area contributed by atoms with Crippen LogP contribution in [-0.4, -0.2) is 29.5 Å². The Labute approximate surface area is 169 Å². The van der Waals surface area contributed by atoms with Gasteiger partial charge in [-0.05, 0) is 36.8 Å². The largest absolute Gasteiger partial charge is 0.344 e. The van der Waals surface area contributed by atoms with E-state index in [1.807, 2.05) is 0 Å². The van der Waals surface area contributed by atoms with Crippen LogP contribution in [0.15, 0.2) is 44.2 Å². The molecule has 1 aromatic carbocycles. The number of H-pyrrole nitrogens is 2. The van der Waals surface area contributed by atoms with Crippen molar-refractivity contribution in [2.24, 2.45) is 0 Å². The first-order valence-corrected chi connectivity index (χ1v) is 11.3. The molecule has 2 saturated carbocycles. The van der Waals surface area contributed by atoms with Gasteiger partial charge in [0.15, 0.2) is 10.3 Å². The Bertz CT molecular complexity index is 1000. The van der Waals surface area contributed by atoms with Gasteiger partial charge in [0.2, 0.25) is 0 Å². The van der Waals surface area contributed by atoms with Crippen molar-refractivity contribution in [3.05, 3.63) is 56.4 Å². The number of aromatic amines is 2. The van der Waals surface area contributed by atoms with Crippen LogP contribution in [0.2, 0.25) is 0 Å². The van der Waals surface area contributed by atoms with Crippen molar-refractivity contribution in [1.29, 1.82) is 0 Å². The van der Waals surface area contributed by atoms with Gasteiger partial charge in [-0.3, -0.25) is 9.13 Å². The maximum Gasteiger partial charge on any atom is 0.344 e. The van der Waals surface area contributed by atoms with E-state index in [-0.39, 0.29) is 11.4 Å². The number of thioether (sulfide) groups is 2. The minimum Gasteiger partial charge on any atom is -0.267 e. The summed E-state index contributed by atoms with van der Waals surface area (Å²) in [6, 6.07) is 9.06. The van der Waals surface area contributed by atoms with E-state index in [0.29, 0.717) is 12.1 Å². The van der Waals surface area contributed by atoms with Gasteiger partial charge in [-0.1, -0.05) is 47.8 Å². The van der Waals surface area contributed by atoms with Gasteiger partial charge >= 0.3 is 11.4 Å². The summed E-state index contributed by atoms with van der Waals surface area (Å²) in [5.41, 5.74) is 2.15. The molecule has 0 spiro atoms. The number of nitrogens with one attached hydrogen (secondary N) is 2. The number of nitrogens with zero attached hydrogens (tertiary/aromatic N) is 4. The van der Waals surface area contributed by atoms with Crippen LogP contribution < -0.4 is 11.4 Å². The van der Waals surface area contributed by atoms with Crippen molar-refractivity contribution >= 4 is 23.5 Å². The van der Waals surface area contributed by atoms with E-state index in [1.165, 1.54) is 11.1 Å². The van der Waals surface area contributed by atoms with Gasteiger partial charge in [-0.15, -0.1) is 10.2 Å². The van der Waals surface area contributed by atoms with Crippen LogP contribution >= 0.6 is 23.5 Å². The number of benzene rings is 1. The van der Waals surface area contributed by atoms with Gasteiger partial charge in [0.1, 0.15) is 0 Å². The van der Waals surface area contributed by atoms with Crippen molar-refractivity contribution in [2.45, 2.75) is 59.6 Å². The summed E-state index contributed by atoms with van der Waals surface area (Å²) in [7, 11) is 0. The zero-order valence-corrected chi connectivity index (χ0v) is 16.8. The Hall–Kier alpha value is -2.20. The predicted molar refractivity (Wildman–Crippen MR) is 108 cm³/mol. The highest BCUT2D eigenvalue weighted by atomic mass is 32.2. The van der Waals surface area contributed by atoms with Gasteiger partial charge in [0, 0.05) is 23.6 Å². The monoisotopic (exact) mass is 416 g/mol. The van der Waals surface area contributed by atoms with E-state index in [1.54, 1.807) is 32.7 Å². The second kappa shape index (κ2) is 7.32. The molecule has 2 heterocycles. The van der Waals surface area contributed by atoms with Crippen LogP contribution in [0.25, 0.3) is 0 Å². The minimum absolute atomic E-state index is 0.111. The zero-order chi connectivity index (χ0) is 19.1. The average molecular weight is 417 g/mol. The summed E-state index contributed by atoms with van der Waals surface area (Å²) in [5.74, 6) is 1.54. The Morgan fingerprint density at radius 3 is 1.54 bits per heavy atom. The lowest BCUT2D eigenvalue weighted by Crippen LogP contribution is -2.16. The Morgan fingerprint density at radius 1 is 0.786 bits per heavy atom. The predicted octanol–water partition coefficient (Wildman–Crippen LogP) is 2.71. The molecule has 28 heavy (non-hydrogen) atoms. The Balaban J connectivity index is 1.19. The first kappa shape index (κ1) is 17.9. The van der Waals surface area contributed by atoms with E-state index >= 15 is 0 Å². The molecule has 0 saturated heterocycles. The van der Waals surface area contributed by atoms with E-state index in [2.05, 4.69) is 44.7 Å². The highest BCUT2D eigenvalue weighted by molar-refractivity contribution is 7.98. The van der Waals surface area contributed by atoms with Crippen LogP contribution in [0.5, 0.6) is 0 Å². The molecule has 10 heteroatoms. The third-order valence-electron chi connectivity index (χ3n) is 4.93. The molecule has 0 bridgehead atoms. The van der Waals surface area contributed by atoms with Crippen molar-refractivity contribution in [3.8, 4) is 0 Å². The number of rotatable bonds is 8. The van der Waals surface area contributed by atoms with Crippen LogP contribution in [0.1, 0.15) is 48.9 Å². The lowest BCUT2D eigenvalue weighted by molar-refractivity contribution is 0.642. The number of hydrogen-bond donors (Lipinski definition) is 2. The maximum atomic E-state index is 11.8. The van der Waals surface area contributed by atoms with Crippen molar-refractivity contribution < 1.29 is 0 Å². The van der Waals surface area contributed by atoms with Gasteiger partial charge < -0.3 is 0 Å². The van der Waals surface area contributed by atoms with Gasteiger partial charge in [-0.25, -0.2) is 19.8 Å². The first-order chi connectivity index (χ1) is 13.7. The fraction of sp³-hybridized carbons (Fsp3) is 0.444. The summed E-state index contributed by atoms with van der Waals surface area (Å²) in [6.07, 6.45) is 4.24. The summed E-state index contributed by atoms with van der Waals surface area (Å²) < 4.78 is 3.55. The minimum atomic E-state index is -0.111. The second-order valence-electron chi connectivity index (χ2n) is 7.22. The molecule has 0 radical (unpaired) electrons. The molecule has 0 unspecified atom stereocenters. The quantitative estimate of drug-likeness (QED) is 0.548. The molecule has 146 valence electrons. The van der Waals surface area contributed by atoms with Gasteiger partial charge in [-0.2, -0.15) is 0 Å². The lowest BCUT2D eigenvalue weighted by atomic mass is 10.2. The van der Waals surface area contributed by atoms with Crippen LogP contribution in [-0.2, 0) is 11.5 Å². The van der Waals surface area contributed by atoms with E-state index in [9.17, 15) is 9.59 Å². The average Bonchev–Trinajstić information content (AvgIpc) is 3.63. The topological polar surface area (TPSA) is 101 Å². The molecule has 2 aliphatic carbocycles. The summed E-state index contributed by atoms with van der Waals surface area (Å²) in [6.45, 7) is 0. The molecule has 0 atom stereocenters. The summed E-state index contributed by atoms with van der Waals surface area (Å²) >= 11 is 3.17. The van der Waals surface area contributed by atoms with Crippen LogP contribution in [0.4, 0.5) is 0 Å². The SMILES string of the molecule is O=c1[nH]nc(SCc2ccc(CSc3n[nH]c(=O)n3C3CC3)cc2)n1C1CC1. The third kappa shape index (κ3) is 3.70. The fourth-order valence-corrected chi connectivity index (χ4v) is 5.06. The van der Waals surface area contributed by atoms with E-state index < -0.39 is 0 Å². The molecule has 0 amide bonds. The molecule has 2 N–H and O–H groups in total. The third-order valence-corrected chi connectivity index (χ3v) is 6.97. The van der Waals surface area contributed by atoms with Gasteiger partial charge in [0.05, 0.1) is 0 Å². The summed E-state index contributed by atoms with van der Waals surface area (Å²) in [4.78, 5) is 23.7. The van der Waals surface area contributed by atoms with Crippen molar-refractivity contribution in [2.75, 3.05) is 0 Å². The fourth-order valence-electron chi connectivity index (χ4n) is 3.12. The maximum absolute atomic E-state index is 11.8. The molecule has 2 aromatic heterocycles. The van der Waals surface area contributed by atoms with Crippen LogP contribution in [0, 0.1) is 0 Å². The van der Waals surface area contributed by atoms with E-state index in [4.69, 9.17) is 0 Å². The molecule has 8 nitrogen and oxygen atoms in total. The molecular weight excluding hydrogens is 396 g/mol. The molecule has 5 rings (SSSR count). The summed E-state index contributed by atoms with van der Waals surface area (Å²) in [5, 5.41) is 14.9. The smallest absolute Gasteiger partial charge is 0.267 e. The Kier molecular flexibility index (Phi) is 4.67. The molecule has 3 aromatic rings. The van der Waals surface area contributed by atoms with Crippen molar-refractivity contribution in [3.63, 3.8) is 0 Å². The molecule has 0 aliphatic heterocycles. The number of aromatic nitrogens is 6. The molecule has 2 aliphatic rings. The Morgan fingerprint density at radius 2 is 1.18 bits per heavy atom. The zero-order valence-electron chi connectivity index (χ0n) is 15.1. The van der Waals surface area contributed by atoms with Crippen molar-refractivity contribution in [1.82, 2.24) is 29.5 Å². The van der Waals surface area contributed by atoms with Gasteiger partial charge in [0.25, 0.3) is 0 Å². The normalized spacial score (nSPS) is 16.6. The first-order valence-electron chi connectivity index (χ1n) is 9.36. The second-order valence-corrected chi connectivity index (χ2v) is 9.10. The molecular formula is C18H20N6O2S2. The van der Waals surface area contributed by atoms with Crippen LogP contribution in [0.3, 0.4) is 0 Å². The standard InChI is InChI=1S/C18H20N6O2S2/c25-15-19-21-17(23(15)13-5-6-13)27-9-11-1-2-12(4-3-11)10-28-18-22-20-16(26)24(18)14-7-8-14/h1-4,13-14H,5-10H2,(H,19,25)(H,20,26). The number of hydrogen-bond acceptors (Lipinski definition) is 6. The highest BCUT2D eigenvalue weighted by Crippen LogP contribution is 2.37. The molecule has 2 fully saturated rings. The lowest BCUT2D eigenvalue weighted by Gasteiger charge is -2.06. The highest BCUT2D eigenvalue weighted by Gasteiger charge is 2.29. The van der Waals surface area contributed by atoms with E-state index in [0.717, 1.165) is 47.5 Å².